The van der Waals surface area contributed by atoms with E-state index in [4.69, 9.17) is 0 Å². The minimum atomic E-state index is 0.643. The summed E-state index contributed by atoms with van der Waals surface area (Å²) in [4.78, 5) is 4.58. The zero-order valence-corrected chi connectivity index (χ0v) is 11.6. The van der Waals surface area contributed by atoms with E-state index in [9.17, 15) is 5.26 Å². The van der Waals surface area contributed by atoms with Crippen LogP contribution in [0.3, 0.4) is 0 Å². The van der Waals surface area contributed by atoms with Gasteiger partial charge in [0.1, 0.15) is 11.1 Å². The number of allylic oxidation sites excluding steroid dienone is 1. The van der Waals surface area contributed by atoms with Gasteiger partial charge in [0.15, 0.2) is 0 Å². The minimum Gasteiger partial charge on any atom is -0.240 e. The smallest absolute Gasteiger partial charge is 0.134 e. The highest BCUT2D eigenvalue weighted by atomic mass is 32.1. The Morgan fingerprint density at radius 2 is 2.11 bits per heavy atom. The Morgan fingerprint density at radius 3 is 2.74 bits per heavy atom. The zero-order valence-electron chi connectivity index (χ0n) is 10.8. The van der Waals surface area contributed by atoms with Crippen molar-refractivity contribution >= 4 is 23.0 Å². The molecule has 0 radical (unpaired) electrons. The van der Waals surface area contributed by atoms with Gasteiger partial charge in [-0.3, -0.25) is 0 Å². The molecule has 1 saturated carbocycles. The predicted octanol–water partition coefficient (Wildman–Crippen LogP) is 4.39. The fourth-order valence-corrected chi connectivity index (χ4v) is 2.81. The monoisotopic (exact) mass is 266 g/mol. The van der Waals surface area contributed by atoms with Crippen LogP contribution in [0.5, 0.6) is 0 Å². The first kappa shape index (κ1) is 12.1. The molecule has 2 nitrogen and oxygen atoms in total. The first-order chi connectivity index (χ1) is 9.26. The van der Waals surface area contributed by atoms with E-state index in [-0.39, 0.29) is 0 Å². The van der Waals surface area contributed by atoms with Gasteiger partial charge < -0.3 is 0 Å². The second-order valence-electron chi connectivity index (χ2n) is 4.93. The van der Waals surface area contributed by atoms with Crippen LogP contribution < -0.4 is 0 Å². The van der Waals surface area contributed by atoms with Gasteiger partial charge in [-0.05, 0) is 31.4 Å². The predicted molar refractivity (Wildman–Crippen MR) is 78.8 cm³/mol. The lowest BCUT2D eigenvalue weighted by Crippen LogP contribution is -1.84. The van der Waals surface area contributed by atoms with Crippen molar-refractivity contribution in [2.24, 2.45) is 0 Å². The molecule has 1 aromatic heterocycles. The van der Waals surface area contributed by atoms with Crippen LogP contribution in [0.15, 0.2) is 29.6 Å². The maximum atomic E-state index is 9.31. The minimum absolute atomic E-state index is 0.643. The number of aromatic nitrogens is 1. The maximum Gasteiger partial charge on any atom is 0.134 e. The van der Waals surface area contributed by atoms with Crippen molar-refractivity contribution < 1.29 is 0 Å². The summed E-state index contributed by atoms with van der Waals surface area (Å²) < 4.78 is 0. The van der Waals surface area contributed by atoms with Crippen LogP contribution >= 0.6 is 11.3 Å². The van der Waals surface area contributed by atoms with Crippen molar-refractivity contribution in [1.29, 1.82) is 5.26 Å². The number of hydrogen-bond acceptors (Lipinski definition) is 3. The summed E-state index contributed by atoms with van der Waals surface area (Å²) >= 11 is 1.57. The van der Waals surface area contributed by atoms with Gasteiger partial charge in [0.25, 0.3) is 0 Å². The zero-order chi connectivity index (χ0) is 13.2. The van der Waals surface area contributed by atoms with Crippen LogP contribution in [0.25, 0.3) is 11.6 Å². The average Bonchev–Trinajstić information content (AvgIpc) is 3.17. The molecule has 94 valence electrons. The summed E-state index contributed by atoms with van der Waals surface area (Å²) in [5.74, 6) is 0.643. The van der Waals surface area contributed by atoms with Gasteiger partial charge in [-0.1, -0.05) is 29.8 Å². The van der Waals surface area contributed by atoms with Crippen LogP contribution in [0.4, 0.5) is 0 Å². The first-order valence-corrected chi connectivity index (χ1v) is 7.28. The lowest BCUT2D eigenvalue weighted by atomic mass is 10.1. The summed E-state index contributed by atoms with van der Waals surface area (Å²) in [6.07, 6.45) is 4.40. The van der Waals surface area contributed by atoms with E-state index in [1.807, 2.05) is 18.2 Å². The molecule has 0 spiro atoms. The molecule has 0 atom stereocenters. The molecule has 3 rings (SSSR count). The average molecular weight is 266 g/mol. The molecule has 0 amide bonds. The number of benzene rings is 1. The van der Waals surface area contributed by atoms with E-state index < -0.39 is 0 Å². The van der Waals surface area contributed by atoms with Gasteiger partial charge >= 0.3 is 0 Å². The molecule has 1 heterocycles. The second kappa shape index (κ2) is 4.99. The van der Waals surface area contributed by atoms with Crippen LogP contribution in [-0.2, 0) is 0 Å². The van der Waals surface area contributed by atoms with Gasteiger partial charge in [-0.25, -0.2) is 4.98 Å². The Morgan fingerprint density at radius 1 is 1.37 bits per heavy atom. The molecule has 0 bridgehead atoms. The third kappa shape index (κ3) is 2.74. The Balaban J connectivity index is 1.90. The fraction of sp³-hybridized carbons (Fsp3) is 0.250. The van der Waals surface area contributed by atoms with E-state index in [2.05, 4.69) is 35.5 Å². The third-order valence-corrected chi connectivity index (χ3v) is 4.15. The lowest BCUT2D eigenvalue weighted by molar-refractivity contribution is 1.05. The molecular formula is C16H14N2S. The van der Waals surface area contributed by atoms with Crippen LogP contribution in [0.2, 0.25) is 0 Å². The van der Waals surface area contributed by atoms with E-state index >= 15 is 0 Å². The first-order valence-electron chi connectivity index (χ1n) is 6.40. The Bertz CT molecular complexity index is 655. The van der Waals surface area contributed by atoms with E-state index in [0.29, 0.717) is 11.5 Å². The van der Waals surface area contributed by atoms with Crippen LogP contribution in [0, 0.1) is 18.3 Å². The SMILES string of the molecule is Cc1ccc(/C=C(\C#N)c2nc(C3CC3)cs2)cc1. The quantitative estimate of drug-likeness (QED) is 0.772. The highest BCUT2D eigenvalue weighted by Crippen LogP contribution is 2.40. The normalized spacial score (nSPS) is 15.3. The molecule has 0 unspecified atom stereocenters. The van der Waals surface area contributed by atoms with Gasteiger partial charge in [-0.15, -0.1) is 11.3 Å². The molecule has 2 aromatic rings. The van der Waals surface area contributed by atoms with E-state index in [1.165, 1.54) is 18.4 Å². The molecule has 1 aromatic carbocycles. The molecule has 0 aliphatic heterocycles. The topological polar surface area (TPSA) is 36.7 Å². The molecule has 1 fully saturated rings. The number of aryl methyl sites for hydroxylation is 1. The lowest BCUT2D eigenvalue weighted by Gasteiger charge is -1.96. The Labute approximate surface area is 117 Å². The van der Waals surface area contributed by atoms with Gasteiger partial charge in [0.2, 0.25) is 0 Å². The van der Waals surface area contributed by atoms with Gasteiger partial charge in [0, 0.05) is 11.3 Å². The summed E-state index contributed by atoms with van der Waals surface area (Å²) in [6, 6.07) is 10.4. The molecule has 3 heteroatoms. The summed E-state index contributed by atoms with van der Waals surface area (Å²) in [5, 5.41) is 12.2. The largest absolute Gasteiger partial charge is 0.240 e. The maximum absolute atomic E-state index is 9.31. The molecule has 0 N–H and O–H groups in total. The third-order valence-electron chi connectivity index (χ3n) is 3.26. The summed E-state index contributed by atoms with van der Waals surface area (Å²) in [7, 11) is 0. The van der Waals surface area contributed by atoms with Crippen molar-refractivity contribution in [3.63, 3.8) is 0 Å². The summed E-state index contributed by atoms with van der Waals surface area (Å²) in [6.45, 7) is 2.06. The van der Waals surface area contributed by atoms with Crippen molar-refractivity contribution in [3.8, 4) is 6.07 Å². The Kier molecular flexibility index (Phi) is 3.18. The van der Waals surface area contributed by atoms with Gasteiger partial charge in [-0.2, -0.15) is 5.26 Å². The van der Waals surface area contributed by atoms with E-state index in [1.54, 1.807) is 11.3 Å². The molecule has 19 heavy (non-hydrogen) atoms. The molecule has 0 saturated heterocycles. The van der Waals surface area contributed by atoms with Crippen molar-refractivity contribution in [2.45, 2.75) is 25.7 Å². The number of hydrogen-bond donors (Lipinski definition) is 0. The summed E-state index contributed by atoms with van der Waals surface area (Å²) in [5.41, 5.74) is 4.08. The van der Waals surface area contributed by atoms with Crippen molar-refractivity contribution in [3.05, 3.63) is 51.5 Å². The molecular weight excluding hydrogens is 252 g/mol. The molecule has 1 aliphatic carbocycles. The number of nitriles is 1. The van der Waals surface area contributed by atoms with Crippen molar-refractivity contribution in [2.75, 3.05) is 0 Å². The standard InChI is InChI=1S/C16H14N2S/c1-11-2-4-12(5-3-11)8-14(9-17)16-18-15(10-19-16)13-6-7-13/h2-5,8,10,13H,6-7H2,1H3/b14-8+. The highest BCUT2D eigenvalue weighted by molar-refractivity contribution is 7.11. The number of thiazole rings is 1. The number of nitrogens with zero attached hydrogens (tertiary/aromatic N) is 2. The second-order valence-corrected chi connectivity index (χ2v) is 5.79. The van der Waals surface area contributed by atoms with Crippen LogP contribution in [-0.4, -0.2) is 4.98 Å². The van der Waals surface area contributed by atoms with Gasteiger partial charge in [0.05, 0.1) is 11.3 Å². The van der Waals surface area contributed by atoms with Crippen molar-refractivity contribution in [1.82, 2.24) is 4.98 Å². The molecule has 1 aliphatic rings. The fourth-order valence-electron chi connectivity index (χ4n) is 1.95. The number of rotatable bonds is 3. The van der Waals surface area contributed by atoms with Crippen LogP contribution in [0.1, 0.15) is 40.6 Å². The Hall–Kier alpha value is -1.92. The highest BCUT2D eigenvalue weighted by Gasteiger charge is 2.26. The van der Waals surface area contributed by atoms with E-state index in [0.717, 1.165) is 16.3 Å².